The first-order chi connectivity index (χ1) is 8.38. The highest BCUT2D eigenvalue weighted by molar-refractivity contribution is 6.65. The number of hydrogen-bond acceptors (Lipinski definition) is 1. The first-order valence-electron chi connectivity index (χ1n) is 5.61. The van der Waals surface area contributed by atoms with Gasteiger partial charge in [-0.15, -0.1) is 23.2 Å². The van der Waals surface area contributed by atoms with Crippen LogP contribution in [0.4, 0.5) is 0 Å². The topological polar surface area (TPSA) is 20.2 Å². The maximum absolute atomic E-state index is 9.74. The molecule has 2 aliphatic carbocycles. The van der Waals surface area contributed by atoms with Crippen LogP contribution in [-0.2, 0) is 0 Å². The molecule has 0 radical (unpaired) electrons. The molecule has 19 heavy (non-hydrogen) atoms. The first kappa shape index (κ1) is 16.5. The zero-order valence-corrected chi connectivity index (χ0v) is 14.7. The lowest BCUT2D eigenvalue weighted by Crippen LogP contribution is -2.44. The summed E-state index contributed by atoms with van der Waals surface area (Å²) in [6, 6.07) is 0. The number of aliphatic hydroxyl groups is 1. The molecule has 0 aromatic rings. The smallest absolute Gasteiger partial charge is 0.166 e. The Balaban J connectivity index is 2.48. The Morgan fingerprint density at radius 1 is 1.16 bits per heavy atom. The Labute approximate surface area is 142 Å². The second kappa shape index (κ2) is 4.59. The fraction of sp³-hybridized carbons (Fsp3) is 0.667. The summed E-state index contributed by atoms with van der Waals surface area (Å²) in [7, 11) is 0. The average molecular weight is 385 g/mol. The molecule has 1 saturated carbocycles. The van der Waals surface area contributed by atoms with E-state index in [4.69, 9.17) is 69.6 Å². The predicted molar refractivity (Wildman–Crippen MR) is 83.9 cm³/mol. The highest BCUT2D eigenvalue weighted by Gasteiger charge is 2.77. The van der Waals surface area contributed by atoms with Crippen molar-refractivity contribution in [3.63, 3.8) is 0 Å². The van der Waals surface area contributed by atoms with Gasteiger partial charge < -0.3 is 5.11 Å². The van der Waals surface area contributed by atoms with Crippen molar-refractivity contribution < 1.29 is 5.11 Å². The molecule has 0 amide bonds. The molecule has 2 aliphatic rings. The van der Waals surface area contributed by atoms with E-state index in [9.17, 15) is 5.11 Å². The number of rotatable bonds is 2. The van der Waals surface area contributed by atoms with Crippen LogP contribution < -0.4 is 0 Å². The van der Waals surface area contributed by atoms with Crippen LogP contribution in [0, 0.1) is 5.92 Å². The molecule has 0 aromatic carbocycles. The number of alkyl halides is 4. The first-order valence-corrected chi connectivity index (χ1v) is 7.88. The summed E-state index contributed by atoms with van der Waals surface area (Å²) in [6.07, 6.45) is 3.71. The summed E-state index contributed by atoms with van der Waals surface area (Å²) in [4.78, 5) is -2.48. The maximum Gasteiger partial charge on any atom is 0.166 e. The van der Waals surface area contributed by atoms with E-state index in [2.05, 4.69) is 0 Å². The largest absolute Gasteiger partial charge is 0.386 e. The quantitative estimate of drug-likeness (QED) is 0.514. The van der Waals surface area contributed by atoms with Crippen molar-refractivity contribution in [3.8, 4) is 0 Å². The molecule has 0 aromatic heterocycles. The lowest BCUT2D eigenvalue weighted by atomic mass is 9.90. The lowest BCUT2D eigenvalue weighted by molar-refractivity contribution is 0.132. The third kappa shape index (κ3) is 2.08. The van der Waals surface area contributed by atoms with Crippen LogP contribution in [-0.4, -0.2) is 24.8 Å². The highest BCUT2D eigenvalue weighted by Crippen LogP contribution is 2.74. The number of fused-ring (bicyclic) bond motifs is 2. The average Bonchev–Trinajstić information content (AvgIpc) is 2.47. The normalized spacial score (nSPS) is 41.6. The standard InChI is InChI=1S/C12H12Cl6O/c1-9(2,19)4-3-6-5-10(15)7(13)8(14)11(6,16)12(10,17)18/h3-4,6,19H,5H2,1-2H3/b4-3+/t6-,10+,11-/m1/s1. The van der Waals surface area contributed by atoms with Gasteiger partial charge in [-0.25, -0.2) is 0 Å². The van der Waals surface area contributed by atoms with E-state index in [1.807, 2.05) is 0 Å². The molecule has 0 heterocycles. The summed E-state index contributed by atoms with van der Waals surface area (Å²) in [5, 5.41) is 10.1. The summed E-state index contributed by atoms with van der Waals surface area (Å²) < 4.78 is -1.51. The SMILES string of the molecule is CC(C)(O)/C=C/[C@@H]1C[C@]2(Cl)C(Cl)=C(Cl)[C@@]1(Cl)C2(Cl)Cl. The minimum atomic E-state index is -1.51. The van der Waals surface area contributed by atoms with Gasteiger partial charge >= 0.3 is 0 Å². The van der Waals surface area contributed by atoms with Crippen molar-refractivity contribution >= 4 is 69.6 Å². The lowest BCUT2D eigenvalue weighted by Gasteiger charge is -2.33. The third-order valence-corrected chi connectivity index (χ3v) is 7.86. The maximum atomic E-state index is 9.74. The van der Waals surface area contributed by atoms with E-state index in [0.717, 1.165) is 0 Å². The minimum Gasteiger partial charge on any atom is -0.386 e. The van der Waals surface area contributed by atoms with Gasteiger partial charge in [-0.3, -0.25) is 0 Å². The van der Waals surface area contributed by atoms with E-state index >= 15 is 0 Å². The molecular formula is C12H12Cl6O. The van der Waals surface area contributed by atoms with E-state index < -0.39 is 19.7 Å². The summed E-state index contributed by atoms with van der Waals surface area (Å²) in [6.45, 7) is 3.29. The summed E-state index contributed by atoms with van der Waals surface area (Å²) >= 11 is 38.0. The van der Waals surface area contributed by atoms with Crippen LogP contribution in [0.1, 0.15) is 20.3 Å². The fourth-order valence-corrected chi connectivity index (χ4v) is 5.28. The van der Waals surface area contributed by atoms with Crippen LogP contribution in [0.5, 0.6) is 0 Å². The van der Waals surface area contributed by atoms with Crippen molar-refractivity contribution in [2.45, 2.75) is 40.0 Å². The van der Waals surface area contributed by atoms with E-state index in [-0.39, 0.29) is 16.0 Å². The number of hydrogen-bond donors (Lipinski definition) is 1. The van der Waals surface area contributed by atoms with Crippen molar-refractivity contribution in [3.05, 3.63) is 22.2 Å². The zero-order chi connectivity index (χ0) is 14.9. The van der Waals surface area contributed by atoms with Gasteiger partial charge in [0.25, 0.3) is 0 Å². The van der Waals surface area contributed by atoms with Crippen molar-refractivity contribution in [1.82, 2.24) is 0 Å². The Hall–Kier alpha value is 1.18. The van der Waals surface area contributed by atoms with Crippen molar-refractivity contribution in [2.24, 2.45) is 5.92 Å². The van der Waals surface area contributed by atoms with Gasteiger partial charge in [0.2, 0.25) is 0 Å². The molecule has 2 rings (SSSR count). The molecule has 0 saturated heterocycles. The summed E-state index contributed by atoms with van der Waals surface area (Å²) in [5.41, 5.74) is -0.976. The van der Waals surface area contributed by atoms with Gasteiger partial charge in [-0.05, 0) is 20.3 Å². The molecule has 1 nitrogen and oxygen atoms in total. The zero-order valence-electron chi connectivity index (χ0n) is 10.2. The van der Waals surface area contributed by atoms with Gasteiger partial charge in [-0.2, -0.15) is 0 Å². The highest BCUT2D eigenvalue weighted by atomic mass is 35.5. The number of halogens is 6. The van der Waals surface area contributed by atoms with Crippen molar-refractivity contribution in [1.29, 1.82) is 0 Å². The second-order valence-electron chi connectivity index (χ2n) is 5.54. The van der Waals surface area contributed by atoms with E-state index in [1.165, 1.54) is 0 Å². The molecule has 2 bridgehead atoms. The van der Waals surface area contributed by atoms with E-state index in [0.29, 0.717) is 6.42 Å². The third-order valence-electron chi connectivity index (χ3n) is 3.56. The molecule has 0 spiro atoms. The van der Waals surface area contributed by atoms with Gasteiger partial charge in [0.05, 0.1) is 15.7 Å². The number of allylic oxidation sites excluding steroid dienone is 3. The molecular weight excluding hydrogens is 373 g/mol. The van der Waals surface area contributed by atoms with Crippen LogP contribution in [0.2, 0.25) is 0 Å². The Kier molecular flexibility index (Phi) is 3.99. The van der Waals surface area contributed by atoms with Gasteiger partial charge in [0.1, 0.15) is 9.75 Å². The van der Waals surface area contributed by atoms with Gasteiger partial charge in [0.15, 0.2) is 4.33 Å². The van der Waals surface area contributed by atoms with Crippen LogP contribution in [0.3, 0.4) is 0 Å². The van der Waals surface area contributed by atoms with Gasteiger partial charge in [0, 0.05) is 5.92 Å². The van der Waals surface area contributed by atoms with Crippen LogP contribution >= 0.6 is 69.6 Å². The molecule has 7 heteroatoms. The summed E-state index contributed by atoms with van der Waals surface area (Å²) in [5.74, 6) is -0.317. The van der Waals surface area contributed by atoms with E-state index in [1.54, 1.807) is 26.0 Å². The van der Waals surface area contributed by atoms with Crippen LogP contribution in [0.15, 0.2) is 22.2 Å². The Morgan fingerprint density at radius 3 is 2.05 bits per heavy atom. The molecule has 1 fully saturated rings. The second-order valence-corrected chi connectivity index (χ2v) is 8.86. The molecule has 0 aliphatic heterocycles. The minimum absolute atomic E-state index is 0.174. The molecule has 1 N–H and O–H groups in total. The Morgan fingerprint density at radius 2 is 1.68 bits per heavy atom. The monoisotopic (exact) mass is 382 g/mol. The van der Waals surface area contributed by atoms with Gasteiger partial charge in [-0.1, -0.05) is 58.6 Å². The molecule has 3 atom stereocenters. The predicted octanol–water partition coefficient (Wildman–Crippen LogP) is 5.17. The fourth-order valence-electron chi connectivity index (χ4n) is 2.51. The van der Waals surface area contributed by atoms with Crippen molar-refractivity contribution in [2.75, 3.05) is 0 Å². The van der Waals surface area contributed by atoms with Crippen LogP contribution in [0.25, 0.3) is 0 Å². The Bertz CT molecular complexity index is 477. The molecule has 0 unspecified atom stereocenters. The molecule has 108 valence electrons.